The van der Waals surface area contributed by atoms with Gasteiger partial charge in [0.05, 0.1) is 11.0 Å². The molecule has 0 aromatic heterocycles. The molecule has 0 bridgehead atoms. The molecule has 2 aromatic rings. The van der Waals surface area contributed by atoms with E-state index in [1.165, 1.54) is 30.3 Å². The summed E-state index contributed by atoms with van der Waals surface area (Å²) in [6.45, 7) is 0. The van der Waals surface area contributed by atoms with E-state index < -0.39 is 11.7 Å². The summed E-state index contributed by atoms with van der Waals surface area (Å²) in [6.07, 6.45) is -2.54. The number of ether oxygens (including phenoxy) is 1. The largest absolute Gasteiger partial charge is 0.457 e. The Hall–Kier alpha value is -2.50. The predicted molar refractivity (Wildman–Crippen MR) is 81.7 cm³/mol. The van der Waals surface area contributed by atoms with Gasteiger partial charge in [-0.2, -0.15) is 13.2 Å². The lowest BCUT2D eigenvalue weighted by atomic mass is 10.2. The number of hydrogen-bond donors (Lipinski definition) is 1. The van der Waals surface area contributed by atoms with Crippen molar-refractivity contribution in [3.8, 4) is 11.5 Å². The van der Waals surface area contributed by atoms with E-state index in [9.17, 15) is 18.0 Å². The Kier molecular flexibility index (Phi) is 3.13. The molecule has 1 N–H and O–H groups in total. The number of fused-ring (bicyclic) bond motifs is 1. The molecule has 4 rings (SSSR count). The minimum atomic E-state index is -4.48. The van der Waals surface area contributed by atoms with Crippen LogP contribution in [0.25, 0.3) is 0 Å². The Balaban J connectivity index is 1.47. The van der Waals surface area contributed by atoms with Crippen molar-refractivity contribution in [1.29, 1.82) is 0 Å². The first-order valence-corrected chi connectivity index (χ1v) is 7.64. The minimum absolute atomic E-state index is 0.0311. The first-order chi connectivity index (χ1) is 11.4. The van der Waals surface area contributed by atoms with Crippen LogP contribution >= 0.6 is 0 Å². The molecule has 0 spiro atoms. The fourth-order valence-corrected chi connectivity index (χ4v) is 2.85. The maximum Gasteiger partial charge on any atom is 0.419 e. The van der Waals surface area contributed by atoms with Gasteiger partial charge in [0.1, 0.15) is 11.5 Å². The van der Waals surface area contributed by atoms with Crippen LogP contribution in [0, 0.1) is 11.3 Å². The van der Waals surface area contributed by atoms with Crippen molar-refractivity contribution in [3.05, 3.63) is 54.1 Å². The average molecular weight is 333 g/mol. The van der Waals surface area contributed by atoms with Crippen LogP contribution in [0.2, 0.25) is 0 Å². The topological polar surface area (TPSA) is 38.3 Å². The highest BCUT2D eigenvalue weighted by atomic mass is 19.4. The highest BCUT2D eigenvalue weighted by Crippen LogP contribution is 2.75. The van der Waals surface area contributed by atoms with Crippen LogP contribution in [0.3, 0.4) is 0 Å². The molecule has 0 saturated heterocycles. The van der Waals surface area contributed by atoms with Crippen LogP contribution in [0.4, 0.5) is 18.9 Å². The third kappa shape index (κ3) is 2.62. The molecule has 2 aliphatic rings. The summed E-state index contributed by atoms with van der Waals surface area (Å²) in [5, 5.41) is 2.84. The number of hydrogen-bond acceptors (Lipinski definition) is 2. The summed E-state index contributed by atoms with van der Waals surface area (Å²) in [5.41, 5.74) is -0.334. The molecule has 6 heteroatoms. The quantitative estimate of drug-likeness (QED) is 0.869. The summed E-state index contributed by atoms with van der Waals surface area (Å²) in [5.74, 6) is 0.612. The molecule has 2 aliphatic carbocycles. The van der Waals surface area contributed by atoms with Gasteiger partial charge in [0.25, 0.3) is 0 Å². The molecule has 2 aromatic carbocycles. The zero-order chi connectivity index (χ0) is 16.9. The van der Waals surface area contributed by atoms with E-state index in [4.69, 9.17) is 4.74 Å². The molecule has 0 unspecified atom stereocenters. The summed E-state index contributed by atoms with van der Waals surface area (Å²) in [4.78, 5) is 12.0. The Morgan fingerprint density at radius 2 is 1.71 bits per heavy atom. The van der Waals surface area contributed by atoms with E-state index in [1.807, 2.05) is 0 Å². The number of carbonyl (C=O) groups is 1. The van der Waals surface area contributed by atoms with Crippen LogP contribution in [0.1, 0.15) is 18.4 Å². The van der Waals surface area contributed by atoms with Gasteiger partial charge < -0.3 is 10.1 Å². The maximum atomic E-state index is 13.0. The fraction of sp³-hybridized carbons (Fsp3) is 0.278. The molecule has 1 amide bonds. The van der Waals surface area contributed by atoms with Crippen LogP contribution in [-0.4, -0.2) is 5.91 Å². The Bertz CT molecular complexity index is 793. The van der Waals surface area contributed by atoms with Gasteiger partial charge in [-0.25, -0.2) is 0 Å². The van der Waals surface area contributed by atoms with Crippen molar-refractivity contribution in [2.75, 3.05) is 5.32 Å². The molecule has 3 nitrogen and oxygen atoms in total. The normalized spacial score (nSPS) is 24.0. The standard InChI is InChI=1S/C18H14F3NO2/c19-18(20,21)14-3-1-2-4-15(14)24-13-7-5-12(6-8-13)22-16(23)17-9-11(17)10-17/h1-8,11H,9-10H2,(H,22,23). The van der Waals surface area contributed by atoms with Crippen molar-refractivity contribution in [1.82, 2.24) is 0 Å². The number of alkyl halides is 3. The molecular formula is C18H14F3NO2. The van der Waals surface area contributed by atoms with E-state index >= 15 is 0 Å². The van der Waals surface area contributed by atoms with E-state index in [1.54, 1.807) is 12.1 Å². The molecular weight excluding hydrogens is 319 g/mol. The molecule has 2 saturated carbocycles. The summed E-state index contributed by atoms with van der Waals surface area (Å²) < 4.78 is 44.2. The van der Waals surface area contributed by atoms with Gasteiger partial charge in [0.15, 0.2) is 0 Å². The van der Waals surface area contributed by atoms with Crippen molar-refractivity contribution in [2.24, 2.45) is 11.3 Å². The third-order valence-corrected chi connectivity index (χ3v) is 4.67. The minimum Gasteiger partial charge on any atom is -0.457 e. The van der Waals surface area contributed by atoms with Crippen molar-refractivity contribution in [3.63, 3.8) is 0 Å². The number of para-hydroxylation sites is 1. The molecule has 24 heavy (non-hydrogen) atoms. The lowest BCUT2D eigenvalue weighted by Crippen LogP contribution is -2.17. The van der Waals surface area contributed by atoms with Crippen LogP contribution in [0.15, 0.2) is 48.5 Å². The van der Waals surface area contributed by atoms with Crippen molar-refractivity contribution in [2.45, 2.75) is 19.0 Å². The van der Waals surface area contributed by atoms with E-state index in [-0.39, 0.29) is 22.8 Å². The third-order valence-electron chi connectivity index (χ3n) is 4.67. The van der Waals surface area contributed by atoms with Crippen molar-refractivity contribution < 1.29 is 22.7 Å². The number of carbonyl (C=O) groups excluding carboxylic acids is 1. The number of nitrogens with one attached hydrogen (secondary N) is 1. The van der Waals surface area contributed by atoms with Gasteiger partial charge in [-0.15, -0.1) is 0 Å². The van der Waals surface area contributed by atoms with Crippen LogP contribution in [0.5, 0.6) is 11.5 Å². The Labute approximate surface area is 136 Å². The first kappa shape index (κ1) is 15.1. The highest BCUT2D eigenvalue weighted by molar-refractivity contribution is 6.00. The number of rotatable bonds is 4. The van der Waals surface area contributed by atoms with Gasteiger partial charge in [-0.3, -0.25) is 4.79 Å². The molecule has 0 aliphatic heterocycles. The second-order valence-corrected chi connectivity index (χ2v) is 6.34. The summed E-state index contributed by atoms with van der Waals surface area (Å²) in [7, 11) is 0. The number of benzene rings is 2. The summed E-state index contributed by atoms with van der Waals surface area (Å²) >= 11 is 0. The predicted octanol–water partition coefficient (Wildman–Crippen LogP) is 4.85. The lowest BCUT2D eigenvalue weighted by molar-refractivity contribution is -0.138. The molecule has 0 atom stereocenters. The number of halogens is 3. The monoisotopic (exact) mass is 333 g/mol. The van der Waals surface area contributed by atoms with Gasteiger partial charge in [0.2, 0.25) is 5.91 Å². The van der Waals surface area contributed by atoms with Crippen LogP contribution in [-0.2, 0) is 11.0 Å². The summed E-state index contributed by atoms with van der Waals surface area (Å²) in [6, 6.07) is 11.4. The lowest BCUT2D eigenvalue weighted by Gasteiger charge is -2.14. The molecule has 2 fully saturated rings. The maximum absolute atomic E-state index is 13.0. The van der Waals surface area contributed by atoms with Gasteiger partial charge >= 0.3 is 6.18 Å². The molecule has 0 radical (unpaired) electrons. The highest BCUT2D eigenvalue weighted by Gasteiger charge is 2.74. The van der Waals surface area contributed by atoms with Gasteiger partial charge in [0, 0.05) is 5.69 Å². The SMILES string of the molecule is O=C(Nc1ccc(Oc2ccccc2C(F)(F)F)cc1)C12CC1C2. The fourth-order valence-electron chi connectivity index (χ4n) is 2.85. The van der Waals surface area contributed by atoms with Crippen LogP contribution < -0.4 is 10.1 Å². The van der Waals surface area contributed by atoms with E-state index in [0.717, 1.165) is 18.9 Å². The zero-order valence-corrected chi connectivity index (χ0v) is 12.6. The van der Waals surface area contributed by atoms with Gasteiger partial charge in [-0.05, 0) is 55.2 Å². The number of anilines is 1. The second kappa shape index (κ2) is 5.00. The average Bonchev–Trinajstić information content (AvgIpc) is 3.38. The van der Waals surface area contributed by atoms with E-state index in [2.05, 4.69) is 5.32 Å². The smallest absolute Gasteiger partial charge is 0.419 e. The Morgan fingerprint density at radius 3 is 2.29 bits per heavy atom. The Morgan fingerprint density at radius 1 is 1.08 bits per heavy atom. The van der Waals surface area contributed by atoms with Crippen molar-refractivity contribution >= 4 is 11.6 Å². The number of amides is 1. The molecule has 124 valence electrons. The van der Waals surface area contributed by atoms with E-state index in [0.29, 0.717) is 11.6 Å². The van der Waals surface area contributed by atoms with Gasteiger partial charge in [-0.1, -0.05) is 12.1 Å². The first-order valence-electron chi connectivity index (χ1n) is 7.64. The zero-order valence-electron chi connectivity index (χ0n) is 12.6. The molecule has 0 heterocycles. The second-order valence-electron chi connectivity index (χ2n) is 6.34.